The van der Waals surface area contributed by atoms with E-state index in [0.717, 1.165) is 51.0 Å². The number of benzene rings is 1. The highest BCUT2D eigenvalue weighted by Gasteiger charge is 2.17. The van der Waals surface area contributed by atoms with Crippen molar-refractivity contribution in [2.75, 3.05) is 14.2 Å². The highest BCUT2D eigenvalue weighted by molar-refractivity contribution is 7.12. The molecule has 1 aliphatic rings. The van der Waals surface area contributed by atoms with Gasteiger partial charge in [-0.2, -0.15) is 5.10 Å². The molecule has 1 aromatic carbocycles. The Balaban J connectivity index is 1.85. The average Bonchev–Trinajstić information content (AvgIpc) is 3.45. The van der Waals surface area contributed by atoms with Gasteiger partial charge in [-0.25, -0.2) is 4.68 Å². The van der Waals surface area contributed by atoms with Crippen LogP contribution in [0.2, 0.25) is 0 Å². The van der Waals surface area contributed by atoms with Crippen LogP contribution in [0, 0.1) is 0 Å². The summed E-state index contributed by atoms with van der Waals surface area (Å²) in [6.45, 7) is 2.05. The Kier molecular flexibility index (Phi) is 6.69. The summed E-state index contributed by atoms with van der Waals surface area (Å²) in [6, 6.07) is 10.4. The second kappa shape index (κ2) is 9.62. The van der Waals surface area contributed by atoms with Crippen LogP contribution >= 0.6 is 22.7 Å². The van der Waals surface area contributed by atoms with E-state index in [9.17, 15) is 0 Å². The number of hydrogen-bond acceptors (Lipinski definition) is 6. The molecule has 1 saturated carbocycles. The van der Waals surface area contributed by atoms with Gasteiger partial charge in [-0.15, -0.1) is 22.7 Å². The van der Waals surface area contributed by atoms with Crippen molar-refractivity contribution in [3.8, 4) is 22.8 Å². The SMILES string of the molecule is COc1ccc(-c2csc(=NC3CCCCC3)n2N=C(C)c2cccs2)c(OC)c1. The molecule has 1 fully saturated rings. The molecule has 0 spiro atoms. The van der Waals surface area contributed by atoms with E-state index in [-0.39, 0.29) is 0 Å². The first-order valence-corrected chi connectivity index (χ1v) is 12.0. The molecule has 3 aromatic rings. The molecular formula is C23H27N3O2S2. The first kappa shape index (κ1) is 20.9. The largest absolute Gasteiger partial charge is 0.497 e. The first-order chi connectivity index (χ1) is 14.7. The van der Waals surface area contributed by atoms with Gasteiger partial charge < -0.3 is 9.47 Å². The van der Waals surface area contributed by atoms with Crippen molar-refractivity contribution >= 4 is 28.4 Å². The minimum atomic E-state index is 0.381. The van der Waals surface area contributed by atoms with Crippen LogP contribution in [0.1, 0.15) is 43.9 Å². The highest BCUT2D eigenvalue weighted by Crippen LogP contribution is 2.34. The minimum Gasteiger partial charge on any atom is -0.497 e. The van der Waals surface area contributed by atoms with Crippen molar-refractivity contribution in [2.45, 2.75) is 45.1 Å². The molecule has 158 valence electrons. The van der Waals surface area contributed by atoms with Gasteiger partial charge in [0.05, 0.1) is 36.5 Å². The van der Waals surface area contributed by atoms with E-state index in [1.165, 1.54) is 19.3 Å². The second-order valence-electron chi connectivity index (χ2n) is 7.37. The van der Waals surface area contributed by atoms with Gasteiger partial charge in [-0.05, 0) is 43.3 Å². The van der Waals surface area contributed by atoms with Gasteiger partial charge in [0.15, 0.2) is 0 Å². The van der Waals surface area contributed by atoms with E-state index in [1.807, 2.05) is 22.9 Å². The van der Waals surface area contributed by atoms with Crippen LogP contribution in [0.15, 0.2) is 51.2 Å². The molecule has 0 amide bonds. The lowest BCUT2D eigenvalue weighted by Crippen LogP contribution is -2.19. The molecule has 5 nitrogen and oxygen atoms in total. The van der Waals surface area contributed by atoms with E-state index in [4.69, 9.17) is 19.6 Å². The van der Waals surface area contributed by atoms with Gasteiger partial charge in [0, 0.05) is 17.0 Å². The molecule has 0 atom stereocenters. The molecule has 7 heteroatoms. The summed E-state index contributed by atoms with van der Waals surface area (Å²) in [4.78, 5) is 7.19. The summed E-state index contributed by atoms with van der Waals surface area (Å²) in [5, 5.41) is 9.19. The summed E-state index contributed by atoms with van der Waals surface area (Å²) >= 11 is 3.33. The van der Waals surface area contributed by atoms with Gasteiger partial charge >= 0.3 is 0 Å². The van der Waals surface area contributed by atoms with Crippen molar-refractivity contribution < 1.29 is 9.47 Å². The number of nitrogens with zero attached hydrogens (tertiary/aromatic N) is 3. The van der Waals surface area contributed by atoms with Crippen molar-refractivity contribution in [1.29, 1.82) is 0 Å². The molecule has 0 radical (unpaired) electrons. The van der Waals surface area contributed by atoms with E-state index < -0.39 is 0 Å². The molecule has 2 aromatic heterocycles. The van der Waals surface area contributed by atoms with Crippen LogP contribution in [-0.2, 0) is 0 Å². The quantitative estimate of drug-likeness (QED) is 0.454. The summed E-state index contributed by atoms with van der Waals surface area (Å²) < 4.78 is 13.0. The van der Waals surface area contributed by atoms with Crippen molar-refractivity contribution in [3.63, 3.8) is 0 Å². The molecule has 4 rings (SSSR count). The van der Waals surface area contributed by atoms with Crippen LogP contribution in [0.25, 0.3) is 11.3 Å². The molecule has 0 bridgehead atoms. The molecule has 2 heterocycles. The number of hydrogen-bond donors (Lipinski definition) is 0. The van der Waals surface area contributed by atoms with Crippen molar-refractivity contribution in [1.82, 2.24) is 4.68 Å². The zero-order valence-corrected chi connectivity index (χ0v) is 19.3. The topological polar surface area (TPSA) is 48.1 Å². The Morgan fingerprint density at radius 3 is 2.60 bits per heavy atom. The van der Waals surface area contributed by atoms with Crippen LogP contribution in [-0.4, -0.2) is 30.6 Å². The Labute approximate surface area is 185 Å². The van der Waals surface area contributed by atoms with E-state index >= 15 is 0 Å². The van der Waals surface area contributed by atoms with Crippen LogP contribution in [0.4, 0.5) is 0 Å². The van der Waals surface area contributed by atoms with E-state index in [0.29, 0.717) is 6.04 Å². The fraction of sp³-hybridized carbons (Fsp3) is 0.391. The normalized spacial score (nSPS) is 16.1. The molecule has 0 aliphatic heterocycles. The average molecular weight is 442 g/mol. The summed E-state index contributed by atoms with van der Waals surface area (Å²) in [6.07, 6.45) is 6.16. The zero-order valence-electron chi connectivity index (χ0n) is 17.6. The van der Waals surface area contributed by atoms with E-state index in [1.54, 1.807) is 36.9 Å². The van der Waals surface area contributed by atoms with Crippen molar-refractivity contribution in [2.24, 2.45) is 10.1 Å². The maximum Gasteiger partial charge on any atom is 0.206 e. The predicted molar refractivity (Wildman–Crippen MR) is 125 cm³/mol. The number of methoxy groups -OCH3 is 2. The van der Waals surface area contributed by atoms with Crippen molar-refractivity contribution in [3.05, 3.63) is 50.8 Å². The van der Waals surface area contributed by atoms with Crippen LogP contribution in [0.5, 0.6) is 11.5 Å². The number of aromatic nitrogens is 1. The maximum absolute atomic E-state index is 5.67. The monoisotopic (exact) mass is 441 g/mol. The maximum atomic E-state index is 5.67. The van der Waals surface area contributed by atoms with Gasteiger partial charge in [0.1, 0.15) is 11.5 Å². The summed E-state index contributed by atoms with van der Waals surface area (Å²) in [5.74, 6) is 1.52. The van der Waals surface area contributed by atoms with Gasteiger partial charge in [-0.3, -0.25) is 4.99 Å². The number of ether oxygens (including phenoxy) is 2. The molecule has 0 unspecified atom stereocenters. The van der Waals surface area contributed by atoms with Gasteiger partial charge in [-0.1, -0.05) is 25.3 Å². The standard InChI is InChI=1S/C23H27N3O2S2/c1-16(22-10-7-13-29-22)25-26-20(19-12-11-18(27-2)14-21(19)28-3)15-30-23(26)24-17-8-5-4-6-9-17/h7,10-15,17H,4-6,8-9H2,1-3H3. The fourth-order valence-corrected chi connectivity index (χ4v) is 5.30. The molecule has 0 N–H and O–H groups in total. The lowest BCUT2D eigenvalue weighted by Gasteiger charge is -2.17. The molecule has 30 heavy (non-hydrogen) atoms. The zero-order chi connectivity index (χ0) is 20.9. The van der Waals surface area contributed by atoms with Crippen LogP contribution < -0.4 is 14.3 Å². The number of thiophene rings is 1. The third-order valence-corrected chi connectivity index (χ3v) is 7.17. The van der Waals surface area contributed by atoms with Gasteiger partial charge in [0.2, 0.25) is 4.80 Å². The predicted octanol–water partition coefficient (Wildman–Crippen LogP) is 5.80. The fourth-order valence-electron chi connectivity index (χ4n) is 3.73. The van der Waals surface area contributed by atoms with Crippen LogP contribution in [0.3, 0.4) is 0 Å². The number of rotatable bonds is 6. The number of thiazole rings is 1. The smallest absolute Gasteiger partial charge is 0.206 e. The molecule has 1 aliphatic carbocycles. The summed E-state index contributed by atoms with van der Waals surface area (Å²) in [7, 11) is 3.34. The second-order valence-corrected chi connectivity index (χ2v) is 9.15. The highest BCUT2D eigenvalue weighted by atomic mass is 32.1. The Bertz CT molecular complexity index is 1070. The first-order valence-electron chi connectivity index (χ1n) is 10.3. The third-order valence-electron chi connectivity index (χ3n) is 5.37. The summed E-state index contributed by atoms with van der Waals surface area (Å²) in [5.41, 5.74) is 2.93. The lowest BCUT2D eigenvalue weighted by atomic mass is 9.96. The van der Waals surface area contributed by atoms with E-state index in [2.05, 4.69) is 29.8 Å². The Morgan fingerprint density at radius 2 is 1.90 bits per heavy atom. The Morgan fingerprint density at radius 1 is 1.07 bits per heavy atom. The lowest BCUT2D eigenvalue weighted by molar-refractivity contribution is 0.395. The Hall–Kier alpha value is -2.38. The minimum absolute atomic E-state index is 0.381. The third kappa shape index (κ3) is 4.52. The molecule has 0 saturated heterocycles. The van der Waals surface area contributed by atoms with Gasteiger partial charge in [0.25, 0.3) is 0 Å². The molecular weight excluding hydrogens is 414 g/mol.